The number of aromatic nitrogens is 2. The van der Waals surface area contributed by atoms with Gasteiger partial charge in [-0.3, -0.25) is 4.90 Å². The molecule has 0 radical (unpaired) electrons. The van der Waals surface area contributed by atoms with E-state index in [0.717, 1.165) is 53.8 Å². The highest BCUT2D eigenvalue weighted by molar-refractivity contribution is 7.89. The molecule has 0 bridgehead atoms. The molecule has 1 aromatic heterocycles. The second-order valence-corrected chi connectivity index (χ2v) is 10.3. The van der Waals surface area contributed by atoms with Crippen LogP contribution in [0, 0.1) is 0 Å². The Labute approximate surface area is 187 Å². The third kappa shape index (κ3) is 3.98. The number of anilines is 1. The lowest BCUT2D eigenvalue weighted by Crippen LogP contribution is -2.43. The van der Waals surface area contributed by atoms with Gasteiger partial charge in [0.1, 0.15) is 5.82 Å². The molecular weight excluding hydrogens is 426 g/mol. The fraction of sp³-hybridized carbons (Fsp3) is 0.391. The molecule has 168 valence electrons. The average molecular weight is 454 g/mol. The maximum atomic E-state index is 12.9. The molecular formula is C23H27N5O3S. The fourth-order valence-corrected chi connectivity index (χ4v) is 6.10. The summed E-state index contributed by atoms with van der Waals surface area (Å²) in [5.41, 5.74) is 3.60. The molecule has 0 spiro atoms. The highest BCUT2D eigenvalue weighted by Gasteiger charge is 2.29. The lowest BCUT2D eigenvalue weighted by Gasteiger charge is -2.30. The lowest BCUT2D eigenvalue weighted by atomic mass is 10.0. The van der Waals surface area contributed by atoms with Crippen molar-refractivity contribution in [2.75, 3.05) is 31.1 Å². The smallest absolute Gasteiger partial charge is 0.321 e. The van der Waals surface area contributed by atoms with Gasteiger partial charge in [0.25, 0.3) is 0 Å². The first kappa shape index (κ1) is 21.0. The predicted molar refractivity (Wildman–Crippen MR) is 123 cm³/mol. The van der Waals surface area contributed by atoms with E-state index in [4.69, 9.17) is 0 Å². The Balaban J connectivity index is 1.26. The van der Waals surface area contributed by atoms with Gasteiger partial charge in [0, 0.05) is 38.3 Å². The van der Waals surface area contributed by atoms with Gasteiger partial charge in [-0.15, -0.1) is 0 Å². The van der Waals surface area contributed by atoms with Gasteiger partial charge in [-0.05, 0) is 61.6 Å². The van der Waals surface area contributed by atoms with Gasteiger partial charge in [0.2, 0.25) is 10.0 Å². The number of fused-ring (bicyclic) bond motifs is 2. The largest absolute Gasteiger partial charge is 0.342 e. The van der Waals surface area contributed by atoms with Crippen LogP contribution in [0.5, 0.6) is 0 Å². The Morgan fingerprint density at radius 3 is 2.69 bits per heavy atom. The zero-order valence-corrected chi connectivity index (χ0v) is 18.7. The Morgan fingerprint density at radius 1 is 1.06 bits per heavy atom. The number of rotatable bonds is 5. The van der Waals surface area contributed by atoms with Crippen LogP contribution >= 0.6 is 0 Å². The van der Waals surface area contributed by atoms with Crippen molar-refractivity contribution in [3.05, 3.63) is 53.9 Å². The van der Waals surface area contributed by atoms with Crippen LogP contribution in [-0.4, -0.2) is 54.9 Å². The second-order valence-electron chi connectivity index (χ2n) is 8.34. The number of hydrogen-bond donors (Lipinski definition) is 2. The molecule has 9 heteroatoms. The molecule has 2 N–H and O–H groups in total. The number of nitrogens with zero attached hydrogens (tertiary/aromatic N) is 3. The van der Waals surface area contributed by atoms with Crippen LogP contribution in [-0.2, 0) is 22.9 Å². The summed E-state index contributed by atoms with van der Waals surface area (Å²) in [5.74, 6) is 0.835. The van der Waals surface area contributed by atoms with E-state index >= 15 is 0 Å². The molecule has 0 atom stereocenters. The molecule has 32 heavy (non-hydrogen) atoms. The quantitative estimate of drug-likeness (QED) is 0.620. The number of H-pyrrole nitrogens is 1. The second kappa shape index (κ2) is 8.55. The van der Waals surface area contributed by atoms with Crippen molar-refractivity contribution in [1.82, 2.24) is 19.6 Å². The summed E-state index contributed by atoms with van der Waals surface area (Å²) in [6.07, 6.45) is 3.99. The number of benzene rings is 2. The number of urea groups is 1. The summed E-state index contributed by atoms with van der Waals surface area (Å²) in [5, 5.41) is 2.98. The molecule has 2 amide bonds. The minimum atomic E-state index is -3.46. The molecule has 8 nitrogen and oxygen atoms in total. The van der Waals surface area contributed by atoms with E-state index in [1.807, 2.05) is 24.3 Å². The number of carbonyl (C=O) groups excluding carboxylic acids is 1. The van der Waals surface area contributed by atoms with E-state index < -0.39 is 10.0 Å². The van der Waals surface area contributed by atoms with E-state index in [9.17, 15) is 13.2 Å². The van der Waals surface area contributed by atoms with Crippen molar-refractivity contribution >= 4 is 32.8 Å². The topological polar surface area (TPSA) is 98.4 Å². The van der Waals surface area contributed by atoms with Crippen molar-refractivity contribution in [3.63, 3.8) is 0 Å². The van der Waals surface area contributed by atoms with Crippen molar-refractivity contribution in [1.29, 1.82) is 0 Å². The molecule has 2 aromatic carbocycles. The first-order valence-corrected chi connectivity index (χ1v) is 12.6. The first-order valence-electron chi connectivity index (χ1n) is 11.1. The van der Waals surface area contributed by atoms with Gasteiger partial charge < -0.3 is 10.3 Å². The molecule has 2 aliphatic heterocycles. The van der Waals surface area contributed by atoms with Crippen LogP contribution in [0.3, 0.4) is 0 Å². The number of nitrogens with one attached hydrogen (secondary N) is 2. The zero-order chi connectivity index (χ0) is 22.1. The maximum absolute atomic E-state index is 12.9. The Bertz CT molecular complexity index is 1210. The summed E-state index contributed by atoms with van der Waals surface area (Å²) in [4.78, 5) is 22.7. The van der Waals surface area contributed by atoms with Crippen LogP contribution in [0.25, 0.3) is 11.0 Å². The van der Waals surface area contributed by atoms with Crippen LogP contribution in [0.1, 0.15) is 30.7 Å². The third-order valence-electron chi connectivity index (χ3n) is 6.19. The van der Waals surface area contributed by atoms with Crippen molar-refractivity contribution in [3.8, 4) is 0 Å². The standard InChI is InChI=1S/C23H27N5O3S/c29-23(24-12-11-22-25-19-7-1-2-8-20(19)26-22)28-15-5-6-17-16-18(9-10-21(17)28)32(30,31)27-13-3-4-14-27/h1-2,7-10,16H,3-6,11-15H2,(H,24,29)(H,25,26). The summed E-state index contributed by atoms with van der Waals surface area (Å²) < 4.78 is 27.4. The molecule has 0 saturated carbocycles. The molecule has 5 rings (SSSR count). The van der Waals surface area contributed by atoms with Gasteiger partial charge >= 0.3 is 6.03 Å². The summed E-state index contributed by atoms with van der Waals surface area (Å²) in [6, 6.07) is 12.8. The Morgan fingerprint density at radius 2 is 1.88 bits per heavy atom. The number of aryl methyl sites for hydroxylation is 1. The first-order chi connectivity index (χ1) is 15.5. The number of sulfonamides is 1. The van der Waals surface area contributed by atoms with Crippen molar-refractivity contribution < 1.29 is 13.2 Å². The van der Waals surface area contributed by atoms with E-state index in [1.165, 1.54) is 0 Å². The zero-order valence-electron chi connectivity index (χ0n) is 17.9. The van der Waals surface area contributed by atoms with Crippen LogP contribution < -0.4 is 10.2 Å². The van der Waals surface area contributed by atoms with Crippen molar-refractivity contribution in [2.45, 2.75) is 37.0 Å². The van der Waals surface area contributed by atoms with Gasteiger partial charge in [0.15, 0.2) is 0 Å². The minimum absolute atomic E-state index is 0.169. The molecule has 3 heterocycles. The van der Waals surface area contributed by atoms with E-state index in [-0.39, 0.29) is 6.03 Å². The maximum Gasteiger partial charge on any atom is 0.321 e. The van der Waals surface area contributed by atoms with Crippen molar-refractivity contribution in [2.24, 2.45) is 0 Å². The summed E-state index contributed by atoms with van der Waals surface area (Å²) in [6.45, 7) is 2.24. The van der Waals surface area contributed by atoms with E-state index in [2.05, 4.69) is 15.3 Å². The number of amides is 2. The third-order valence-corrected chi connectivity index (χ3v) is 8.09. The molecule has 3 aromatic rings. The fourth-order valence-electron chi connectivity index (χ4n) is 4.53. The van der Waals surface area contributed by atoms with Crippen LogP contribution in [0.4, 0.5) is 10.5 Å². The predicted octanol–water partition coefficient (Wildman–Crippen LogP) is 3.05. The molecule has 0 unspecified atom stereocenters. The summed E-state index contributed by atoms with van der Waals surface area (Å²) in [7, 11) is -3.46. The van der Waals surface area contributed by atoms with E-state index in [0.29, 0.717) is 37.5 Å². The lowest BCUT2D eigenvalue weighted by molar-refractivity contribution is 0.246. The number of imidazole rings is 1. The van der Waals surface area contributed by atoms with Gasteiger partial charge in [0.05, 0.1) is 15.9 Å². The molecule has 0 aliphatic carbocycles. The highest BCUT2D eigenvalue weighted by atomic mass is 32.2. The molecule has 1 saturated heterocycles. The Kier molecular flexibility index (Phi) is 5.60. The summed E-state index contributed by atoms with van der Waals surface area (Å²) >= 11 is 0. The van der Waals surface area contributed by atoms with E-state index in [1.54, 1.807) is 27.4 Å². The Hall–Kier alpha value is -2.91. The minimum Gasteiger partial charge on any atom is -0.342 e. The molecule has 1 fully saturated rings. The van der Waals surface area contributed by atoms with Crippen LogP contribution in [0.15, 0.2) is 47.4 Å². The normalized spacial score (nSPS) is 16.9. The SMILES string of the molecule is O=C(NCCc1nc2ccccc2[nH]1)N1CCCc2cc(S(=O)(=O)N3CCCC3)ccc21. The molecule has 2 aliphatic rings. The van der Waals surface area contributed by atoms with Gasteiger partial charge in [-0.25, -0.2) is 18.2 Å². The highest BCUT2D eigenvalue weighted by Crippen LogP contribution is 2.31. The van der Waals surface area contributed by atoms with Crippen LogP contribution in [0.2, 0.25) is 0 Å². The number of carbonyl (C=O) groups is 1. The number of aromatic amines is 1. The number of para-hydroxylation sites is 2. The average Bonchev–Trinajstić information content (AvgIpc) is 3.48. The van der Waals surface area contributed by atoms with Gasteiger partial charge in [-0.1, -0.05) is 12.1 Å². The number of hydrogen-bond acceptors (Lipinski definition) is 4. The van der Waals surface area contributed by atoms with Gasteiger partial charge in [-0.2, -0.15) is 4.31 Å². The monoisotopic (exact) mass is 453 g/mol.